The molecule has 0 aliphatic carbocycles. The summed E-state index contributed by atoms with van der Waals surface area (Å²) in [6.07, 6.45) is 1.99. The van der Waals surface area contributed by atoms with Crippen LogP contribution in [0.25, 0.3) is 11.3 Å². The summed E-state index contributed by atoms with van der Waals surface area (Å²) >= 11 is 0. The van der Waals surface area contributed by atoms with Crippen molar-refractivity contribution in [1.29, 1.82) is 0 Å². The first-order valence-corrected chi connectivity index (χ1v) is 7.92. The molecule has 0 saturated carbocycles. The number of nitrogens with zero attached hydrogens (tertiary/aromatic N) is 3. The molecular formula is C19H21N3O. The average Bonchev–Trinajstić information content (AvgIpc) is 2.99. The van der Waals surface area contributed by atoms with Gasteiger partial charge < -0.3 is 5.11 Å². The highest BCUT2D eigenvalue weighted by atomic mass is 16.3. The third-order valence-electron chi connectivity index (χ3n) is 3.96. The molecule has 3 aromatic rings. The minimum atomic E-state index is -0.0953. The number of hydrogen-bond donors (Lipinski definition) is 1. The second-order valence-corrected chi connectivity index (χ2v) is 5.72. The monoisotopic (exact) mass is 307 g/mol. The molecule has 0 amide bonds. The molecule has 0 bridgehead atoms. The van der Waals surface area contributed by atoms with Crippen molar-refractivity contribution in [1.82, 2.24) is 15.0 Å². The van der Waals surface area contributed by atoms with Crippen LogP contribution in [0.5, 0.6) is 0 Å². The highest BCUT2D eigenvalue weighted by Gasteiger charge is 2.14. The summed E-state index contributed by atoms with van der Waals surface area (Å²) in [4.78, 5) is 0. The number of aromatic nitrogens is 3. The minimum absolute atomic E-state index is 0.0953. The third kappa shape index (κ3) is 3.66. The van der Waals surface area contributed by atoms with E-state index in [-0.39, 0.29) is 6.61 Å². The Hall–Kier alpha value is -2.46. The zero-order chi connectivity index (χ0) is 16.1. The first-order chi connectivity index (χ1) is 11.3. The molecule has 0 aliphatic heterocycles. The molecule has 0 spiro atoms. The van der Waals surface area contributed by atoms with Crippen LogP contribution in [0, 0.1) is 6.92 Å². The molecule has 0 aliphatic rings. The summed E-state index contributed by atoms with van der Waals surface area (Å²) in [5, 5.41) is 17.9. The van der Waals surface area contributed by atoms with Crippen LogP contribution in [0.3, 0.4) is 0 Å². The summed E-state index contributed by atoms with van der Waals surface area (Å²) in [6.45, 7) is 2.75. The molecule has 0 fully saturated rings. The number of hydrogen-bond acceptors (Lipinski definition) is 3. The molecule has 0 radical (unpaired) electrons. The van der Waals surface area contributed by atoms with Crippen molar-refractivity contribution < 1.29 is 5.11 Å². The van der Waals surface area contributed by atoms with Crippen LogP contribution < -0.4 is 0 Å². The van der Waals surface area contributed by atoms with E-state index in [2.05, 4.69) is 65.8 Å². The molecule has 118 valence electrons. The van der Waals surface area contributed by atoms with Gasteiger partial charge in [0.2, 0.25) is 0 Å². The third-order valence-corrected chi connectivity index (χ3v) is 3.96. The largest absolute Gasteiger partial charge is 0.390 e. The Morgan fingerprint density at radius 1 is 1.00 bits per heavy atom. The van der Waals surface area contributed by atoms with Gasteiger partial charge in [0.15, 0.2) is 0 Å². The number of aliphatic hydroxyl groups is 1. The summed E-state index contributed by atoms with van der Waals surface area (Å²) in [5.74, 6) is 0. The number of rotatable bonds is 6. The lowest BCUT2D eigenvalue weighted by molar-refractivity contribution is 0.277. The van der Waals surface area contributed by atoms with E-state index in [0.29, 0.717) is 5.69 Å². The zero-order valence-corrected chi connectivity index (χ0v) is 13.3. The molecule has 0 saturated heterocycles. The molecule has 1 aromatic heterocycles. The fourth-order valence-electron chi connectivity index (χ4n) is 2.72. The van der Waals surface area contributed by atoms with Gasteiger partial charge in [-0.3, -0.25) is 0 Å². The average molecular weight is 307 g/mol. The van der Waals surface area contributed by atoms with E-state index in [1.54, 1.807) is 0 Å². The van der Waals surface area contributed by atoms with E-state index >= 15 is 0 Å². The van der Waals surface area contributed by atoms with E-state index in [9.17, 15) is 5.11 Å². The molecule has 1 heterocycles. The minimum Gasteiger partial charge on any atom is -0.390 e. The molecular weight excluding hydrogens is 286 g/mol. The van der Waals surface area contributed by atoms with Gasteiger partial charge in [-0.25, -0.2) is 4.68 Å². The van der Waals surface area contributed by atoms with Gasteiger partial charge in [-0.2, -0.15) is 0 Å². The Morgan fingerprint density at radius 3 is 2.43 bits per heavy atom. The van der Waals surface area contributed by atoms with Crippen molar-refractivity contribution in [2.45, 2.75) is 32.9 Å². The SMILES string of the molecule is Cc1ccc(-c2c(CO)nnn2CCCc2ccccc2)cc1. The molecule has 23 heavy (non-hydrogen) atoms. The maximum absolute atomic E-state index is 9.54. The van der Waals surface area contributed by atoms with Gasteiger partial charge >= 0.3 is 0 Å². The van der Waals surface area contributed by atoms with Crippen LogP contribution in [-0.4, -0.2) is 20.1 Å². The van der Waals surface area contributed by atoms with Gasteiger partial charge in [-0.15, -0.1) is 5.10 Å². The van der Waals surface area contributed by atoms with Gasteiger partial charge in [-0.1, -0.05) is 65.4 Å². The van der Waals surface area contributed by atoms with Crippen molar-refractivity contribution in [2.24, 2.45) is 0 Å². The maximum atomic E-state index is 9.54. The van der Waals surface area contributed by atoms with Crippen molar-refractivity contribution in [3.05, 3.63) is 71.4 Å². The zero-order valence-electron chi connectivity index (χ0n) is 13.3. The lowest BCUT2D eigenvalue weighted by atomic mass is 10.1. The van der Waals surface area contributed by atoms with Crippen molar-refractivity contribution in [2.75, 3.05) is 0 Å². The van der Waals surface area contributed by atoms with E-state index in [1.165, 1.54) is 11.1 Å². The van der Waals surface area contributed by atoms with Crippen LogP contribution >= 0.6 is 0 Å². The van der Waals surface area contributed by atoms with Gasteiger partial charge in [0.25, 0.3) is 0 Å². The van der Waals surface area contributed by atoms with Crippen LogP contribution in [0.2, 0.25) is 0 Å². The molecule has 0 atom stereocenters. The van der Waals surface area contributed by atoms with Crippen LogP contribution in [0.15, 0.2) is 54.6 Å². The predicted octanol–water partition coefficient (Wildman–Crippen LogP) is 3.38. The number of benzene rings is 2. The van der Waals surface area contributed by atoms with Crippen molar-refractivity contribution in [3.8, 4) is 11.3 Å². The summed E-state index contributed by atoms with van der Waals surface area (Å²) in [5.41, 5.74) is 5.13. The molecule has 2 aromatic carbocycles. The Balaban J connectivity index is 1.77. The molecule has 4 nitrogen and oxygen atoms in total. The molecule has 0 unspecified atom stereocenters. The molecule has 4 heteroatoms. The molecule has 3 rings (SSSR count). The van der Waals surface area contributed by atoms with Crippen LogP contribution in [0.4, 0.5) is 0 Å². The van der Waals surface area contributed by atoms with Gasteiger partial charge in [0.05, 0.1) is 12.3 Å². The van der Waals surface area contributed by atoms with E-state index < -0.39 is 0 Å². The highest BCUT2D eigenvalue weighted by Crippen LogP contribution is 2.23. The van der Waals surface area contributed by atoms with Crippen molar-refractivity contribution >= 4 is 0 Å². The number of aliphatic hydroxyl groups excluding tert-OH is 1. The Bertz CT molecular complexity index is 748. The number of aryl methyl sites for hydroxylation is 3. The predicted molar refractivity (Wildman–Crippen MR) is 90.9 cm³/mol. The molecule has 1 N–H and O–H groups in total. The lowest BCUT2D eigenvalue weighted by Gasteiger charge is -2.08. The smallest absolute Gasteiger partial charge is 0.116 e. The topological polar surface area (TPSA) is 50.9 Å². The first-order valence-electron chi connectivity index (χ1n) is 7.92. The van der Waals surface area contributed by atoms with E-state index in [1.807, 2.05) is 10.7 Å². The van der Waals surface area contributed by atoms with Crippen LogP contribution in [0.1, 0.15) is 23.2 Å². The van der Waals surface area contributed by atoms with Crippen LogP contribution in [-0.2, 0) is 19.6 Å². The van der Waals surface area contributed by atoms with Gasteiger partial charge in [0, 0.05) is 12.1 Å². The fraction of sp³-hybridized carbons (Fsp3) is 0.263. The fourth-order valence-corrected chi connectivity index (χ4v) is 2.72. The first kappa shape index (κ1) is 15.4. The standard InChI is InChI=1S/C19H21N3O/c1-15-9-11-17(12-10-15)19-18(14-23)20-21-22(19)13-5-8-16-6-3-2-4-7-16/h2-4,6-7,9-12,23H,5,8,13-14H2,1H3. The van der Waals surface area contributed by atoms with Crippen molar-refractivity contribution in [3.63, 3.8) is 0 Å². The summed E-state index contributed by atoms with van der Waals surface area (Å²) in [7, 11) is 0. The summed E-state index contributed by atoms with van der Waals surface area (Å²) in [6, 6.07) is 18.7. The van der Waals surface area contributed by atoms with E-state index in [4.69, 9.17) is 0 Å². The maximum Gasteiger partial charge on any atom is 0.116 e. The van der Waals surface area contributed by atoms with Gasteiger partial charge in [-0.05, 0) is 25.3 Å². The Kier molecular flexibility index (Phi) is 4.83. The second kappa shape index (κ2) is 7.20. The lowest BCUT2D eigenvalue weighted by Crippen LogP contribution is -2.04. The Morgan fingerprint density at radius 2 is 1.74 bits per heavy atom. The summed E-state index contributed by atoms with van der Waals surface area (Å²) < 4.78 is 1.90. The van der Waals surface area contributed by atoms with E-state index in [0.717, 1.165) is 30.6 Å². The Labute approximate surface area is 136 Å². The second-order valence-electron chi connectivity index (χ2n) is 5.72. The highest BCUT2D eigenvalue weighted by molar-refractivity contribution is 5.62. The van der Waals surface area contributed by atoms with Gasteiger partial charge in [0.1, 0.15) is 5.69 Å². The normalized spacial score (nSPS) is 10.9. The quantitative estimate of drug-likeness (QED) is 0.759.